The molecule has 1 aliphatic heterocycles. The molecule has 1 atom stereocenters. The van der Waals surface area contributed by atoms with E-state index in [1.807, 2.05) is 12.1 Å². The molecule has 4 nitrogen and oxygen atoms in total. The van der Waals surface area contributed by atoms with Gasteiger partial charge in [0.15, 0.2) is 0 Å². The normalized spacial score (nSPS) is 19.6. The molecule has 0 bridgehead atoms. The molecular weight excluding hydrogens is 254 g/mol. The summed E-state index contributed by atoms with van der Waals surface area (Å²) in [6, 6.07) is 7.12. The summed E-state index contributed by atoms with van der Waals surface area (Å²) < 4.78 is 5.86. The predicted octanol–water partition coefficient (Wildman–Crippen LogP) is 2.63. The lowest BCUT2D eigenvalue weighted by molar-refractivity contribution is 0.0412. The first-order chi connectivity index (χ1) is 9.54. The summed E-state index contributed by atoms with van der Waals surface area (Å²) in [5, 5.41) is 8.87. The van der Waals surface area contributed by atoms with Gasteiger partial charge in [-0.2, -0.15) is 0 Å². The third-order valence-corrected chi connectivity index (χ3v) is 3.50. The zero-order valence-electron chi connectivity index (χ0n) is 12.2. The molecule has 20 heavy (non-hydrogen) atoms. The summed E-state index contributed by atoms with van der Waals surface area (Å²) in [5.74, 6) is -0.299. The van der Waals surface area contributed by atoms with Crippen LogP contribution in [0.3, 0.4) is 0 Å². The lowest BCUT2D eigenvalue weighted by atomic mass is 10.1. The minimum atomic E-state index is -0.875. The monoisotopic (exact) mass is 277 g/mol. The molecule has 0 aliphatic carbocycles. The highest BCUT2D eigenvalue weighted by atomic mass is 16.5. The number of nitrogens with zero attached hydrogens (tertiary/aromatic N) is 1. The Hall–Kier alpha value is -1.39. The zero-order valence-corrected chi connectivity index (χ0v) is 12.2. The van der Waals surface area contributed by atoms with Gasteiger partial charge in [-0.05, 0) is 30.0 Å². The van der Waals surface area contributed by atoms with Gasteiger partial charge in [0.05, 0.1) is 11.7 Å². The van der Waals surface area contributed by atoms with E-state index in [4.69, 9.17) is 9.84 Å². The van der Waals surface area contributed by atoms with E-state index in [2.05, 4.69) is 18.7 Å². The average molecular weight is 277 g/mol. The fourth-order valence-electron chi connectivity index (χ4n) is 2.42. The van der Waals surface area contributed by atoms with Crippen molar-refractivity contribution in [3.05, 3.63) is 35.4 Å². The molecule has 1 aromatic rings. The van der Waals surface area contributed by atoms with Crippen LogP contribution in [-0.2, 0) is 11.3 Å². The highest BCUT2D eigenvalue weighted by molar-refractivity contribution is 5.87. The van der Waals surface area contributed by atoms with Gasteiger partial charge in [0.1, 0.15) is 0 Å². The van der Waals surface area contributed by atoms with Gasteiger partial charge in [0, 0.05) is 26.2 Å². The number of carbonyl (C=O) groups is 1. The Morgan fingerprint density at radius 3 is 2.70 bits per heavy atom. The smallest absolute Gasteiger partial charge is 0.335 e. The minimum absolute atomic E-state index is 0.341. The maximum absolute atomic E-state index is 10.8. The molecular formula is C16H23NO3. The lowest BCUT2D eigenvalue weighted by Crippen LogP contribution is -2.24. The van der Waals surface area contributed by atoms with Crippen LogP contribution in [0.4, 0.5) is 0 Å². The van der Waals surface area contributed by atoms with Crippen LogP contribution in [0.15, 0.2) is 24.3 Å². The predicted molar refractivity (Wildman–Crippen MR) is 77.9 cm³/mol. The largest absolute Gasteiger partial charge is 0.478 e. The van der Waals surface area contributed by atoms with E-state index in [0.717, 1.165) is 38.2 Å². The van der Waals surface area contributed by atoms with E-state index in [9.17, 15) is 4.79 Å². The Kier molecular flexibility index (Phi) is 5.15. The Morgan fingerprint density at radius 1 is 1.40 bits per heavy atom. The Morgan fingerprint density at radius 2 is 2.10 bits per heavy atom. The third kappa shape index (κ3) is 4.32. The van der Waals surface area contributed by atoms with Crippen molar-refractivity contribution in [3.8, 4) is 0 Å². The number of aromatic carboxylic acids is 1. The van der Waals surface area contributed by atoms with Crippen molar-refractivity contribution >= 4 is 5.97 Å². The molecule has 1 fully saturated rings. The van der Waals surface area contributed by atoms with Gasteiger partial charge in [-0.3, -0.25) is 4.90 Å². The molecule has 0 aromatic heterocycles. The number of hydrogen-bond acceptors (Lipinski definition) is 3. The number of carboxylic acids is 1. The molecule has 0 radical (unpaired) electrons. The summed E-state index contributed by atoms with van der Waals surface area (Å²) >= 11 is 0. The maximum Gasteiger partial charge on any atom is 0.335 e. The molecule has 1 N–H and O–H groups in total. The molecule has 4 heteroatoms. The van der Waals surface area contributed by atoms with Crippen LogP contribution in [0.5, 0.6) is 0 Å². The van der Waals surface area contributed by atoms with Crippen LogP contribution >= 0.6 is 0 Å². The zero-order chi connectivity index (χ0) is 14.5. The van der Waals surface area contributed by atoms with E-state index >= 15 is 0 Å². The van der Waals surface area contributed by atoms with Gasteiger partial charge < -0.3 is 9.84 Å². The highest BCUT2D eigenvalue weighted by Crippen LogP contribution is 2.17. The van der Waals surface area contributed by atoms with Crippen LogP contribution < -0.4 is 0 Å². The summed E-state index contributed by atoms with van der Waals surface area (Å²) in [5.41, 5.74) is 1.49. The first kappa shape index (κ1) is 15.0. The second-order valence-corrected chi connectivity index (χ2v) is 5.88. The molecule has 2 rings (SSSR count). The summed E-state index contributed by atoms with van der Waals surface area (Å²) in [4.78, 5) is 13.2. The molecule has 1 aliphatic rings. The SMILES string of the molecule is CC(C)COC1CCN(Cc2ccc(C(=O)O)cc2)C1. The molecule has 1 unspecified atom stereocenters. The Balaban J connectivity index is 1.81. The van der Waals surface area contributed by atoms with Gasteiger partial charge in [0.25, 0.3) is 0 Å². The number of carboxylic acid groups (broad SMARTS) is 1. The molecule has 0 saturated carbocycles. The van der Waals surface area contributed by atoms with Crippen molar-refractivity contribution in [2.24, 2.45) is 5.92 Å². The van der Waals surface area contributed by atoms with E-state index in [0.29, 0.717) is 17.6 Å². The summed E-state index contributed by atoms with van der Waals surface area (Å²) in [7, 11) is 0. The van der Waals surface area contributed by atoms with Crippen LogP contribution in [-0.4, -0.2) is 41.8 Å². The first-order valence-corrected chi connectivity index (χ1v) is 7.21. The van der Waals surface area contributed by atoms with E-state index in [1.165, 1.54) is 0 Å². The number of likely N-dealkylation sites (tertiary alicyclic amines) is 1. The van der Waals surface area contributed by atoms with Crippen LogP contribution in [0, 0.1) is 5.92 Å². The number of rotatable bonds is 6. The van der Waals surface area contributed by atoms with Crippen LogP contribution in [0.25, 0.3) is 0 Å². The van der Waals surface area contributed by atoms with Gasteiger partial charge in [-0.25, -0.2) is 4.79 Å². The van der Waals surface area contributed by atoms with Crippen molar-refractivity contribution in [2.75, 3.05) is 19.7 Å². The van der Waals surface area contributed by atoms with E-state index in [-0.39, 0.29) is 0 Å². The van der Waals surface area contributed by atoms with Gasteiger partial charge in [-0.15, -0.1) is 0 Å². The van der Waals surface area contributed by atoms with Crippen molar-refractivity contribution in [1.82, 2.24) is 4.90 Å². The third-order valence-electron chi connectivity index (χ3n) is 3.50. The quantitative estimate of drug-likeness (QED) is 0.868. The fraction of sp³-hybridized carbons (Fsp3) is 0.562. The molecule has 1 heterocycles. The number of ether oxygens (including phenoxy) is 1. The van der Waals surface area contributed by atoms with E-state index < -0.39 is 5.97 Å². The van der Waals surface area contributed by atoms with Crippen LogP contribution in [0.2, 0.25) is 0 Å². The van der Waals surface area contributed by atoms with E-state index in [1.54, 1.807) is 12.1 Å². The summed E-state index contributed by atoms with van der Waals surface area (Å²) in [6.45, 7) is 8.03. The Labute approximate surface area is 120 Å². The molecule has 1 aromatic carbocycles. The first-order valence-electron chi connectivity index (χ1n) is 7.21. The van der Waals surface area contributed by atoms with Gasteiger partial charge >= 0.3 is 5.97 Å². The molecule has 0 amide bonds. The average Bonchev–Trinajstić information content (AvgIpc) is 2.84. The lowest BCUT2D eigenvalue weighted by Gasteiger charge is -2.17. The number of benzene rings is 1. The van der Waals surface area contributed by atoms with Crippen molar-refractivity contribution in [3.63, 3.8) is 0 Å². The topological polar surface area (TPSA) is 49.8 Å². The van der Waals surface area contributed by atoms with Crippen LogP contribution in [0.1, 0.15) is 36.2 Å². The van der Waals surface area contributed by atoms with Crippen molar-refractivity contribution < 1.29 is 14.6 Å². The van der Waals surface area contributed by atoms with Gasteiger partial charge in [-0.1, -0.05) is 26.0 Å². The van der Waals surface area contributed by atoms with Gasteiger partial charge in [0.2, 0.25) is 0 Å². The minimum Gasteiger partial charge on any atom is -0.478 e. The van der Waals surface area contributed by atoms with Crippen molar-refractivity contribution in [2.45, 2.75) is 32.9 Å². The number of hydrogen-bond donors (Lipinski definition) is 1. The maximum atomic E-state index is 10.8. The second-order valence-electron chi connectivity index (χ2n) is 5.88. The second kappa shape index (κ2) is 6.86. The Bertz CT molecular complexity index is 442. The fourth-order valence-corrected chi connectivity index (χ4v) is 2.42. The standard InChI is InChI=1S/C16H23NO3/c1-12(2)11-20-15-7-8-17(10-15)9-13-3-5-14(6-4-13)16(18)19/h3-6,12,15H,7-11H2,1-2H3,(H,18,19). The molecule has 1 saturated heterocycles. The van der Waals surface area contributed by atoms with Crippen molar-refractivity contribution in [1.29, 1.82) is 0 Å². The summed E-state index contributed by atoms with van der Waals surface area (Å²) in [6.07, 6.45) is 1.43. The molecule has 110 valence electrons. The highest BCUT2D eigenvalue weighted by Gasteiger charge is 2.23. The molecule has 0 spiro atoms.